The van der Waals surface area contributed by atoms with E-state index in [0.717, 1.165) is 25.1 Å². The molecule has 20 heavy (non-hydrogen) atoms. The van der Waals surface area contributed by atoms with Gasteiger partial charge < -0.3 is 10.6 Å². The molecular weight excluding hydrogens is 252 g/mol. The minimum atomic E-state index is 0.0848. The topological polar surface area (TPSA) is 64.2 Å². The van der Waals surface area contributed by atoms with Gasteiger partial charge >= 0.3 is 0 Å². The molecule has 1 saturated carbocycles. The van der Waals surface area contributed by atoms with E-state index < -0.39 is 0 Å². The number of piperidine rings is 1. The molecule has 0 aromatic carbocycles. The van der Waals surface area contributed by atoms with Gasteiger partial charge in [0.2, 0.25) is 0 Å². The summed E-state index contributed by atoms with van der Waals surface area (Å²) in [6.07, 6.45) is 6.06. The monoisotopic (exact) mass is 276 g/mol. The molecule has 2 atom stereocenters. The number of hydrogen-bond donors (Lipinski definition) is 1. The van der Waals surface area contributed by atoms with Gasteiger partial charge in [0.05, 0.1) is 11.4 Å². The fraction of sp³-hybridized carbons (Fsp3) is 0.733. The first-order valence-electron chi connectivity index (χ1n) is 7.77. The minimum absolute atomic E-state index is 0.0848. The van der Waals surface area contributed by atoms with Crippen LogP contribution in [0.15, 0.2) is 0 Å². The molecule has 0 bridgehead atoms. The third-order valence-electron chi connectivity index (χ3n) is 4.93. The van der Waals surface area contributed by atoms with Crippen molar-refractivity contribution >= 4 is 11.6 Å². The van der Waals surface area contributed by atoms with E-state index in [1.807, 2.05) is 13.8 Å². The summed E-state index contributed by atoms with van der Waals surface area (Å²) < 4.78 is 1.76. The van der Waals surface area contributed by atoms with Crippen LogP contribution in [-0.4, -0.2) is 33.2 Å². The van der Waals surface area contributed by atoms with E-state index >= 15 is 0 Å². The highest BCUT2D eigenvalue weighted by molar-refractivity contribution is 5.98. The van der Waals surface area contributed by atoms with Crippen LogP contribution in [-0.2, 0) is 6.54 Å². The molecule has 1 aromatic rings. The Morgan fingerprint density at radius 1 is 1.35 bits per heavy atom. The Morgan fingerprint density at radius 3 is 2.85 bits per heavy atom. The third kappa shape index (κ3) is 2.00. The molecule has 3 rings (SSSR count). The van der Waals surface area contributed by atoms with E-state index in [0.29, 0.717) is 29.9 Å². The third-order valence-corrected chi connectivity index (χ3v) is 4.93. The molecule has 0 radical (unpaired) electrons. The number of nitrogens with zero attached hydrogens (tertiary/aromatic N) is 3. The fourth-order valence-electron chi connectivity index (χ4n) is 3.89. The highest BCUT2D eigenvalue weighted by Crippen LogP contribution is 2.37. The molecule has 1 amide bonds. The van der Waals surface area contributed by atoms with Crippen LogP contribution >= 0.6 is 0 Å². The zero-order chi connectivity index (χ0) is 14.3. The van der Waals surface area contributed by atoms with Crippen molar-refractivity contribution in [1.29, 1.82) is 0 Å². The van der Waals surface area contributed by atoms with Gasteiger partial charge in [-0.05, 0) is 45.4 Å². The van der Waals surface area contributed by atoms with Crippen LogP contribution in [0, 0.1) is 12.8 Å². The molecule has 2 heterocycles. The van der Waals surface area contributed by atoms with Gasteiger partial charge in [-0.1, -0.05) is 6.42 Å². The first-order chi connectivity index (χ1) is 9.63. The second kappa shape index (κ2) is 5.11. The molecule has 5 heteroatoms. The number of rotatable bonds is 2. The number of fused-ring (bicyclic) bond motifs is 1. The number of aromatic nitrogens is 2. The summed E-state index contributed by atoms with van der Waals surface area (Å²) in [5.74, 6) is 0.787. The number of carbonyl (C=O) groups is 1. The Labute approximate surface area is 120 Å². The van der Waals surface area contributed by atoms with Crippen molar-refractivity contribution in [2.75, 3.05) is 12.3 Å². The van der Waals surface area contributed by atoms with E-state index in [2.05, 4.69) is 10.00 Å². The van der Waals surface area contributed by atoms with E-state index in [4.69, 9.17) is 5.73 Å². The molecule has 1 aromatic heterocycles. The summed E-state index contributed by atoms with van der Waals surface area (Å²) >= 11 is 0. The normalized spacial score (nSPS) is 25.8. The Balaban J connectivity index is 1.92. The lowest BCUT2D eigenvalue weighted by Crippen LogP contribution is -2.46. The van der Waals surface area contributed by atoms with Crippen LogP contribution in [0.3, 0.4) is 0 Å². The van der Waals surface area contributed by atoms with Crippen molar-refractivity contribution < 1.29 is 4.79 Å². The maximum absolute atomic E-state index is 12.9. The summed E-state index contributed by atoms with van der Waals surface area (Å²) in [6, 6.07) is 0.427. The molecule has 1 aliphatic carbocycles. The minimum Gasteiger partial charge on any atom is -0.395 e. The van der Waals surface area contributed by atoms with Crippen LogP contribution in [0.2, 0.25) is 0 Å². The quantitative estimate of drug-likeness (QED) is 0.900. The maximum Gasteiger partial charge on any atom is 0.274 e. The lowest BCUT2D eigenvalue weighted by molar-refractivity contribution is 0.0537. The first kappa shape index (κ1) is 13.5. The molecule has 0 spiro atoms. The second-order valence-corrected chi connectivity index (χ2v) is 6.06. The molecule has 1 saturated heterocycles. The number of carbonyl (C=O) groups excluding carboxylic acids is 1. The van der Waals surface area contributed by atoms with Gasteiger partial charge in [0.15, 0.2) is 0 Å². The van der Waals surface area contributed by atoms with Gasteiger partial charge in [-0.15, -0.1) is 0 Å². The van der Waals surface area contributed by atoms with E-state index in [1.54, 1.807) is 4.68 Å². The zero-order valence-electron chi connectivity index (χ0n) is 12.4. The Kier molecular flexibility index (Phi) is 3.44. The number of aryl methyl sites for hydroxylation is 2. The van der Waals surface area contributed by atoms with Crippen molar-refractivity contribution in [2.24, 2.45) is 5.92 Å². The zero-order valence-corrected chi connectivity index (χ0v) is 12.4. The van der Waals surface area contributed by atoms with Gasteiger partial charge in [-0.3, -0.25) is 9.48 Å². The highest BCUT2D eigenvalue weighted by atomic mass is 16.2. The SMILES string of the molecule is CCn1nc(C)c(N)c1C(=O)N1CCCC2CCCC21. The van der Waals surface area contributed by atoms with E-state index in [1.165, 1.54) is 19.3 Å². The number of anilines is 1. The van der Waals surface area contributed by atoms with Crippen LogP contribution in [0.1, 0.15) is 55.2 Å². The van der Waals surface area contributed by atoms with Gasteiger partial charge in [0.25, 0.3) is 5.91 Å². The Bertz CT molecular complexity index is 522. The molecule has 2 aliphatic rings. The lowest BCUT2D eigenvalue weighted by Gasteiger charge is -2.37. The summed E-state index contributed by atoms with van der Waals surface area (Å²) in [5, 5.41) is 4.37. The van der Waals surface area contributed by atoms with Crippen LogP contribution in [0.4, 0.5) is 5.69 Å². The molecule has 2 unspecified atom stereocenters. The highest BCUT2D eigenvalue weighted by Gasteiger charge is 2.39. The van der Waals surface area contributed by atoms with Crippen molar-refractivity contribution in [3.63, 3.8) is 0 Å². The van der Waals surface area contributed by atoms with Crippen LogP contribution in [0.5, 0.6) is 0 Å². The Hall–Kier alpha value is -1.52. The summed E-state index contributed by atoms with van der Waals surface area (Å²) in [4.78, 5) is 15.0. The molecule has 1 aliphatic heterocycles. The Morgan fingerprint density at radius 2 is 2.10 bits per heavy atom. The van der Waals surface area contributed by atoms with E-state index in [9.17, 15) is 4.79 Å². The molecule has 5 nitrogen and oxygen atoms in total. The summed E-state index contributed by atoms with van der Waals surface area (Å²) in [7, 11) is 0. The van der Waals surface area contributed by atoms with Gasteiger partial charge in [0, 0.05) is 19.1 Å². The predicted octanol–water partition coefficient (Wildman–Crippen LogP) is 2.20. The standard InChI is InChI=1S/C15H24N4O/c1-3-19-14(13(16)10(2)17-19)15(20)18-9-5-7-11-6-4-8-12(11)18/h11-12H,3-9,16H2,1-2H3. The van der Waals surface area contributed by atoms with Gasteiger partial charge in [0.1, 0.15) is 5.69 Å². The van der Waals surface area contributed by atoms with Gasteiger partial charge in [-0.25, -0.2) is 0 Å². The lowest BCUT2D eigenvalue weighted by atomic mass is 9.91. The average Bonchev–Trinajstić information content (AvgIpc) is 3.03. The van der Waals surface area contributed by atoms with Crippen molar-refractivity contribution in [3.05, 3.63) is 11.4 Å². The average molecular weight is 276 g/mol. The predicted molar refractivity (Wildman–Crippen MR) is 78.4 cm³/mol. The molecule has 110 valence electrons. The van der Waals surface area contributed by atoms with E-state index in [-0.39, 0.29) is 5.91 Å². The van der Waals surface area contributed by atoms with Crippen LogP contribution in [0.25, 0.3) is 0 Å². The number of hydrogen-bond acceptors (Lipinski definition) is 3. The second-order valence-electron chi connectivity index (χ2n) is 6.06. The smallest absolute Gasteiger partial charge is 0.274 e. The number of likely N-dealkylation sites (tertiary alicyclic amines) is 1. The van der Waals surface area contributed by atoms with Gasteiger partial charge in [-0.2, -0.15) is 5.10 Å². The number of nitrogen functional groups attached to an aromatic ring is 1. The number of nitrogens with two attached hydrogens (primary N) is 1. The van der Waals surface area contributed by atoms with Crippen molar-refractivity contribution in [1.82, 2.24) is 14.7 Å². The molecular formula is C15H24N4O. The van der Waals surface area contributed by atoms with Crippen LogP contribution < -0.4 is 5.73 Å². The summed E-state index contributed by atoms with van der Waals surface area (Å²) in [5.41, 5.74) is 8.00. The fourth-order valence-corrected chi connectivity index (χ4v) is 3.89. The van der Waals surface area contributed by atoms with Crippen molar-refractivity contribution in [2.45, 2.75) is 58.5 Å². The summed E-state index contributed by atoms with van der Waals surface area (Å²) in [6.45, 7) is 5.42. The van der Waals surface area contributed by atoms with Crippen molar-refractivity contribution in [3.8, 4) is 0 Å². The molecule has 2 fully saturated rings. The maximum atomic E-state index is 12.9. The molecule has 2 N–H and O–H groups in total. The number of amides is 1. The first-order valence-corrected chi connectivity index (χ1v) is 7.77. The largest absolute Gasteiger partial charge is 0.395 e.